The highest BCUT2D eigenvalue weighted by Crippen LogP contribution is 2.32. The number of fused-ring (bicyclic) bond motifs is 1. The van der Waals surface area contributed by atoms with Gasteiger partial charge in [0.05, 0.1) is 17.3 Å². The van der Waals surface area contributed by atoms with Gasteiger partial charge in [-0.05, 0) is 86.1 Å². The first-order valence-corrected chi connectivity index (χ1v) is 13.8. The fourth-order valence-corrected chi connectivity index (χ4v) is 5.54. The number of carbonyl (C=O) groups excluding carboxylic acids is 1. The number of aryl methyl sites for hydroxylation is 1. The average molecular weight is 538 g/mol. The Morgan fingerprint density at radius 1 is 1.07 bits per heavy atom. The SMILES string of the molecule is Cc1cccc2ccnc(N(C(=O)c3ccc(Nc4nccc(C5=CCNCC5)n4)cc3F)[C@@H]3CCCNC3)c12. The Hall–Kier alpha value is -4.21. The van der Waals surface area contributed by atoms with Crippen molar-refractivity contribution in [2.24, 2.45) is 0 Å². The molecule has 204 valence electrons. The lowest BCUT2D eigenvalue weighted by Crippen LogP contribution is -2.49. The van der Waals surface area contributed by atoms with Crippen molar-refractivity contribution in [1.82, 2.24) is 25.6 Å². The standard InChI is InChI=1S/C31H32FN7O/c1-20-4-2-5-22-11-16-35-29(28(20)22)39(24-6-3-13-34-19-24)30(40)25-8-7-23(18-26(25)32)37-31-36-17-12-27(38-31)21-9-14-33-15-10-21/h2,4-5,7-9,11-12,16-18,24,33-34H,3,6,10,13-15,19H2,1H3,(H,36,37,38)/t24-/m1/s1. The van der Waals surface area contributed by atoms with Crippen molar-refractivity contribution in [3.8, 4) is 0 Å². The van der Waals surface area contributed by atoms with E-state index in [-0.39, 0.29) is 11.6 Å². The predicted molar refractivity (Wildman–Crippen MR) is 156 cm³/mol. The van der Waals surface area contributed by atoms with Crippen LogP contribution >= 0.6 is 0 Å². The molecule has 4 heterocycles. The summed E-state index contributed by atoms with van der Waals surface area (Å²) in [5, 5.41) is 11.7. The maximum atomic E-state index is 15.6. The molecule has 0 aliphatic carbocycles. The van der Waals surface area contributed by atoms with Crippen molar-refractivity contribution in [2.75, 3.05) is 36.4 Å². The Labute approximate surface area is 232 Å². The molecule has 1 atom stereocenters. The number of benzene rings is 2. The lowest BCUT2D eigenvalue weighted by molar-refractivity contribution is 0.0968. The molecule has 0 spiro atoms. The zero-order chi connectivity index (χ0) is 27.5. The van der Waals surface area contributed by atoms with E-state index in [2.05, 4.69) is 37.0 Å². The molecule has 1 amide bonds. The van der Waals surface area contributed by atoms with Crippen LogP contribution in [0.15, 0.2) is 67.0 Å². The van der Waals surface area contributed by atoms with Crippen LogP contribution in [0.5, 0.6) is 0 Å². The lowest BCUT2D eigenvalue weighted by Gasteiger charge is -2.35. The fraction of sp³-hybridized carbons (Fsp3) is 0.290. The van der Waals surface area contributed by atoms with Crippen LogP contribution in [0.4, 0.5) is 21.8 Å². The lowest BCUT2D eigenvalue weighted by atomic mass is 10.0. The highest BCUT2D eigenvalue weighted by Gasteiger charge is 2.31. The number of halogens is 1. The Morgan fingerprint density at radius 3 is 2.77 bits per heavy atom. The van der Waals surface area contributed by atoms with E-state index in [1.54, 1.807) is 23.4 Å². The molecule has 1 saturated heterocycles. The summed E-state index contributed by atoms with van der Waals surface area (Å²) >= 11 is 0. The number of piperidine rings is 1. The molecule has 0 radical (unpaired) electrons. The summed E-state index contributed by atoms with van der Waals surface area (Å²) < 4.78 is 15.6. The molecule has 2 aliphatic rings. The number of hydrogen-bond acceptors (Lipinski definition) is 7. The van der Waals surface area contributed by atoms with E-state index < -0.39 is 11.7 Å². The van der Waals surface area contributed by atoms with Gasteiger partial charge < -0.3 is 16.0 Å². The quantitative estimate of drug-likeness (QED) is 0.319. The maximum Gasteiger partial charge on any atom is 0.262 e. The monoisotopic (exact) mass is 537 g/mol. The summed E-state index contributed by atoms with van der Waals surface area (Å²) in [5.41, 5.74) is 3.49. The van der Waals surface area contributed by atoms with Gasteiger partial charge in [0.1, 0.15) is 11.6 Å². The van der Waals surface area contributed by atoms with Crippen LogP contribution in [0.1, 0.15) is 40.9 Å². The number of carbonyl (C=O) groups is 1. The Bertz CT molecular complexity index is 1580. The second-order valence-corrected chi connectivity index (χ2v) is 10.3. The first-order chi connectivity index (χ1) is 19.6. The van der Waals surface area contributed by atoms with E-state index in [1.807, 2.05) is 37.3 Å². The van der Waals surface area contributed by atoms with Gasteiger partial charge in [-0.3, -0.25) is 9.69 Å². The van der Waals surface area contributed by atoms with Crippen molar-refractivity contribution >= 4 is 39.7 Å². The Kier molecular flexibility index (Phi) is 7.48. The summed E-state index contributed by atoms with van der Waals surface area (Å²) in [6, 6.07) is 14.2. The number of nitrogens with zero attached hydrogens (tertiary/aromatic N) is 4. The molecule has 4 aromatic rings. The molecule has 1 fully saturated rings. The van der Waals surface area contributed by atoms with Gasteiger partial charge in [0.15, 0.2) is 0 Å². The second-order valence-electron chi connectivity index (χ2n) is 10.3. The van der Waals surface area contributed by atoms with Crippen molar-refractivity contribution < 1.29 is 9.18 Å². The zero-order valence-corrected chi connectivity index (χ0v) is 22.5. The highest BCUT2D eigenvalue weighted by molar-refractivity contribution is 6.11. The van der Waals surface area contributed by atoms with E-state index in [9.17, 15) is 4.79 Å². The minimum absolute atomic E-state index is 0.00181. The molecule has 9 heteroatoms. The predicted octanol–water partition coefficient (Wildman–Crippen LogP) is 4.99. The minimum atomic E-state index is -0.613. The first-order valence-electron chi connectivity index (χ1n) is 13.8. The normalized spacial score (nSPS) is 17.4. The third kappa shape index (κ3) is 5.30. The van der Waals surface area contributed by atoms with Crippen LogP contribution in [0.2, 0.25) is 0 Å². The number of amides is 1. The summed E-state index contributed by atoms with van der Waals surface area (Å²) in [7, 11) is 0. The molecule has 0 unspecified atom stereocenters. The fourth-order valence-electron chi connectivity index (χ4n) is 5.54. The molecule has 8 nitrogen and oxygen atoms in total. The van der Waals surface area contributed by atoms with Crippen LogP contribution in [-0.4, -0.2) is 53.1 Å². The van der Waals surface area contributed by atoms with Crippen molar-refractivity contribution in [3.05, 3.63) is 89.6 Å². The van der Waals surface area contributed by atoms with E-state index in [0.29, 0.717) is 24.0 Å². The van der Waals surface area contributed by atoms with Gasteiger partial charge in [0, 0.05) is 36.6 Å². The highest BCUT2D eigenvalue weighted by atomic mass is 19.1. The Balaban J connectivity index is 1.31. The molecule has 0 bridgehead atoms. The van der Waals surface area contributed by atoms with Gasteiger partial charge in [0.25, 0.3) is 5.91 Å². The van der Waals surface area contributed by atoms with E-state index in [4.69, 9.17) is 0 Å². The van der Waals surface area contributed by atoms with Gasteiger partial charge >= 0.3 is 0 Å². The molecular formula is C31H32FN7O. The van der Waals surface area contributed by atoms with Crippen LogP contribution in [0.25, 0.3) is 16.3 Å². The largest absolute Gasteiger partial charge is 0.324 e. The van der Waals surface area contributed by atoms with Gasteiger partial charge in [-0.25, -0.2) is 19.3 Å². The van der Waals surface area contributed by atoms with E-state index >= 15 is 4.39 Å². The first kappa shape index (κ1) is 26.0. The van der Waals surface area contributed by atoms with E-state index in [1.165, 1.54) is 12.1 Å². The van der Waals surface area contributed by atoms with Crippen LogP contribution < -0.4 is 20.9 Å². The zero-order valence-electron chi connectivity index (χ0n) is 22.5. The molecule has 2 aromatic heterocycles. The minimum Gasteiger partial charge on any atom is -0.324 e. The maximum absolute atomic E-state index is 15.6. The summed E-state index contributed by atoms with van der Waals surface area (Å²) in [6.45, 7) is 5.24. The molecule has 2 aromatic carbocycles. The van der Waals surface area contributed by atoms with E-state index in [0.717, 1.165) is 66.5 Å². The topological polar surface area (TPSA) is 95.1 Å². The van der Waals surface area contributed by atoms with Crippen LogP contribution in [0, 0.1) is 12.7 Å². The van der Waals surface area contributed by atoms with Gasteiger partial charge in [0.2, 0.25) is 5.95 Å². The molecular weight excluding hydrogens is 505 g/mol. The second kappa shape index (κ2) is 11.5. The van der Waals surface area contributed by atoms with Gasteiger partial charge in [-0.2, -0.15) is 0 Å². The summed E-state index contributed by atoms with van der Waals surface area (Å²) in [5.74, 6) is -0.0795. The molecule has 2 aliphatic heterocycles. The van der Waals surface area contributed by atoms with Crippen LogP contribution in [-0.2, 0) is 0 Å². The third-order valence-electron chi connectivity index (χ3n) is 7.57. The van der Waals surface area contributed by atoms with Gasteiger partial charge in [-0.15, -0.1) is 0 Å². The third-order valence-corrected chi connectivity index (χ3v) is 7.57. The Morgan fingerprint density at radius 2 is 1.98 bits per heavy atom. The number of rotatable bonds is 6. The molecule has 40 heavy (non-hydrogen) atoms. The van der Waals surface area contributed by atoms with Gasteiger partial charge in [-0.1, -0.05) is 24.3 Å². The number of hydrogen-bond donors (Lipinski definition) is 3. The number of anilines is 3. The average Bonchev–Trinajstić information content (AvgIpc) is 2.99. The van der Waals surface area contributed by atoms with Crippen molar-refractivity contribution in [1.29, 1.82) is 0 Å². The number of aromatic nitrogens is 3. The number of nitrogens with one attached hydrogen (secondary N) is 3. The van der Waals surface area contributed by atoms with Crippen molar-refractivity contribution in [2.45, 2.75) is 32.2 Å². The number of pyridine rings is 1. The molecule has 6 rings (SSSR count). The smallest absolute Gasteiger partial charge is 0.262 e. The summed E-state index contributed by atoms with van der Waals surface area (Å²) in [4.78, 5) is 29.3. The van der Waals surface area contributed by atoms with Crippen molar-refractivity contribution in [3.63, 3.8) is 0 Å². The molecule has 0 saturated carbocycles. The van der Waals surface area contributed by atoms with Crippen LogP contribution in [0.3, 0.4) is 0 Å². The molecule has 3 N–H and O–H groups in total. The summed E-state index contributed by atoms with van der Waals surface area (Å²) in [6.07, 6.45) is 8.15.